The minimum Gasteiger partial charge on any atom is -0.487 e. The fourth-order valence-corrected chi connectivity index (χ4v) is 4.54. The van der Waals surface area contributed by atoms with Gasteiger partial charge in [0.1, 0.15) is 18.2 Å². The molecule has 0 radical (unpaired) electrons. The topological polar surface area (TPSA) is 59.0 Å². The Hall–Kier alpha value is -3.12. The third-order valence-electron chi connectivity index (χ3n) is 6.03. The normalized spacial score (nSPS) is 17.1. The third-order valence-corrected chi connectivity index (χ3v) is 6.03. The lowest BCUT2D eigenvalue weighted by atomic mass is 10.1. The van der Waals surface area contributed by atoms with Crippen LogP contribution in [0.3, 0.4) is 0 Å². The number of rotatable bonds is 7. The summed E-state index contributed by atoms with van der Waals surface area (Å²) in [7, 11) is 0. The first-order valence-electron chi connectivity index (χ1n) is 11.1. The Kier molecular flexibility index (Phi) is 5.47. The summed E-state index contributed by atoms with van der Waals surface area (Å²) >= 11 is 0. The van der Waals surface area contributed by atoms with Gasteiger partial charge in [0.05, 0.1) is 29.0 Å². The van der Waals surface area contributed by atoms with Crippen LogP contribution in [0.25, 0.3) is 11.0 Å². The molecular formula is C25H29N5O. The van der Waals surface area contributed by atoms with Crippen LogP contribution in [0.4, 0.5) is 0 Å². The van der Waals surface area contributed by atoms with Crippen molar-refractivity contribution in [2.45, 2.75) is 45.4 Å². The number of H-pyrrole nitrogens is 1. The number of para-hydroxylation sites is 3. The van der Waals surface area contributed by atoms with Crippen LogP contribution in [-0.2, 0) is 13.2 Å². The quantitative estimate of drug-likeness (QED) is 0.466. The molecule has 6 heteroatoms. The Morgan fingerprint density at radius 3 is 2.74 bits per heavy atom. The Labute approximate surface area is 182 Å². The van der Waals surface area contributed by atoms with Gasteiger partial charge in [0.2, 0.25) is 0 Å². The van der Waals surface area contributed by atoms with Gasteiger partial charge >= 0.3 is 0 Å². The number of ether oxygens (including phenoxy) is 1. The zero-order valence-electron chi connectivity index (χ0n) is 18.2. The molecule has 1 N–H and O–H groups in total. The molecule has 1 aliphatic heterocycles. The van der Waals surface area contributed by atoms with Crippen LogP contribution in [-0.4, -0.2) is 37.7 Å². The summed E-state index contributed by atoms with van der Waals surface area (Å²) in [6.07, 6.45) is 1.12. The molecule has 1 aliphatic rings. The van der Waals surface area contributed by atoms with E-state index in [0.717, 1.165) is 54.5 Å². The lowest BCUT2D eigenvalue weighted by Crippen LogP contribution is -2.23. The molecule has 0 aliphatic carbocycles. The van der Waals surface area contributed by atoms with Gasteiger partial charge in [0.25, 0.3) is 0 Å². The monoisotopic (exact) mass is 415 g/mol. The first kappa shape index (κ1) is 19.8. The van der Waals surface area contributed by atoms with E-state index in [9.17, 15) is 0 Å². The van der Waals surface area contributed by atoms with E-state index in [4.69, 9.17) is 9.72 Å². The lowest BCUT2D eigenvalue weighted by Gasteiger charge is -2.18. The smallest absolute Gasteiger partial charge is 0.130 e. The number of likely N-dealkylation sites (tertiary alicyclic amines) is 1. The van der Waals surface area contributed by atoms with Crippen molar-refractivity contribution in [3.8, 4) is 5.75 Å². The highest BCUT2D eigenvalue weighted by molar-refractivity contribution is 5.76. The van der Waals surface area contributed by atoms with E-state index in [-0.39, 0.29) is 0 Å². The number of nitrogens with one attached hydrogen (secondary N) is 1. The minimum atomic E-state index is 0.388. The zero-order chi connectivity index (χ0) is 21.2. The number of nitrogens with zero attached hydrogens (tertiary/aromatic N) is 4. The van der Waals surface area contributed by atoms with E-state index in [1.807, 2.05) is 30.3 Å². The van der Waals surface area contributed by atoms with Crippen LogP contribution in [0, 0.1) is 0 Å². The van der Waals surface area contributed by atoms with E-state index in [1.54, 1.807) is 0 Å². The highest BCUT2D eigenvalue weighted by atomic mass is 16.5. The number of imidazole rings is 1. The Balaban J connectivity index is 1.23. The summed E-state index contributed by atoms with van der Waals surface area (Å²) in [5, 5.41) is 7.73. The van der Waals surface area contributed by atoms with Gasteiger partial charge in [-0.05, 0) is 57.1 Å². The highest BCUT2D eigenvalue weighted by Gasteiger charge is 2.27. The minimum absolute atomic E-state index is 0.388. The number of benzene rings is 2. The second-order valence-electron chi connectivity index (χ2n) is 8.62. The average Bonchev–Trinajstić information content (AvgIpc) is 3.51. The first-order chi connectivity index (χ1) is 15.2. The van der Waals surface area contributed by atoms with E-state index in [2.05, 4.69) is 63.8 Å². The van der Waals surface area contributed by atoms with Crippen molar-refractivity contribution in [1.29, 1.82) is 0 Å². The number of aromatic nitrogens is 4. The Bertz CT molecular complexity index is 1150. The molecule has 1 saturated heterocycles. The van der Waals surface area contributed by atoms with Crippen LogP contribution in [0.15, 0.2) is 60.7 Å². The van der Waals surface area contributed by atoms with Crippen molar-refractivity contribution in [2.24, 2.45) is 0 Å². The molecule has 1 fully saturated rings. The van der Waals surface area contributed by atoms with Crippen molar-refractivity contribution in [3.05, 3.63) is 77.9 Å². The number of hydrogen-bond donors (Lipinski definition) is 1. The molecule has 0 unspecified atom stereocenters. The van der Waals surface area contributed by atoms with Gasteiger partial charge in [-0.25, -0.2) is 4.98 Å². The molecule has 31 heavy (non-hydrogen) atoms. The van der Waals surface area contributed by atoms with Gasteiger partial charge in [-0.3, -0.25) is 10.00 Å². The molecular weight excluding hydrogens is 386 g/mol. The zero-order valence-corrected chi connectivity index (χ0v) is 18.2. The van der Waals surface area contributed by atoms with Crippen molar-refractivity contribution < 1.29 is 4.74 Å². The molecule has 160 valence electrons. The molecule has 0 bridgehead atoms. The largest absolute Gasteiger partial charge is 0.487 e. The molecule has 3 heterocycles. The molecule has 0 saturated carbocycles. The van der Waals surface area contributed by atoms with Crippen LogP contribution in [0.2, 0.25) is 0 Å². The SMILES string of the molecule is CC(C)n1c(CN2CC[C@H](c3cc(COc4ccccc4)[nH]n3)C2)nc2ccccc21. The van der Waals surface area contributed by atoms with Gasteiger partial charge in [-0.1, -0.05) is 30.3 Å². The van der Waals surface area contributed by atoms with Crippen molar-refractivity contribution >= 4 is 11.0 Å². The molecule has 6 nitrogen and oxygen atoms in total. The van der Waals surface area contributed by atoms with E-state index < -0.39 is 0 Å². The standard InChI is InChI=1S/C25H29N5O/c1-18(2)30-24-11-7-6-10-22(24)26-25(30)16-29-13-12-19(15-29)23-14-20(27-28-23)17-31-21-8-4-3-5-9-21/h3-11,14,18-19H,12-13,15-17H2,1-2H3,(H,27,28)/t19-/m0/s1. The summed E-state index contributed by atoms with van der Waals surface area (Å²) in [4.78, 5) is 7.43. The van der Waals surface area contributed by atoms with Crippen LogP contribution in [0.5, 0.6) is 5.75 Å². The maximum atomic E-state index is 5.84. The van der Waals surface area contributed by atoms with Gasteiger partial charge in [-0.15, -0.1) is 0 Å². The average molecular weight is 416 g/mol. The Morgan fingerprint density at radius 2 is 1.90 bits per heavy atom. The van der Waals surface area contributed by atoms with Crippen molar-refractivity contribution in [2.75, 3.05) is 13.1 Å². The highest BCUT2D eigenvalue weighted by Crippen LogP contribution is 2.29. The fraction of sp³-hybridized carbons (Fsp3) is 0.360. The van der Waals surface area contributed by atoms with Gasteiger partial charge < -0.3 is 9.30 Å². The third kappa shape index (κ3) is 4.21. The molecule has 4 aromatic rings. The number of fused-ring (bicyclic) bond motifs is 1. The maximum Gasteiger partial charge on any atom is 0.130 e. The summed E-state index contributed by atoms with van der Waals surface area (Å²) in [5.74, 6) is 2.47. The fourth-order valence-electron chi connectivity index (χ4n) is 4.54. The van der Waals surface area contributed by atoms with Gasteiger partial charge in [0.15, 0.2) is 0 Å². The molecule has 2 aromatic carbocycles. The van der Waals surface area contributed by atoms with E-state index in [0.29, 0.717) is 18.6 Å². The predicted octanol–water partition coefficient (Wildman–Crippen LogP) is 4.91. The van der Waals surface area contributed by atoms with Crippen LogP contribution >= 0.6 is 0 Å². The summed E-state index contributed by atoms with van der Waals surface area (Å²) in [6.45, 7) is 7.91. The van der Waals surface area contributed by atoms with E-state index in [1.165, 1.54) is 5.52 Å². The van der Waals surface area contributed by atoms with Crippen LogP contribution in [0.1, 0.15) is 49.4 Å². The molecule has 2 aromatic heterocycles. The van der Waals surface area contributed by atoms with Gasteiger partial charge in [-0.2, -0.15) is 5.10 Å². The van der Waals surface area contributed by atoms with Gasteiger partial charge in [0, 0.05) is 18.5 Å². The Morgan fingerprint density at radius 1 is 1.10 bits per heavy atom. The predicted molar refractivity (Wildman–Crippen MR) is 122 cm³/mol. The number of hydrogen-bond acceptors (Lipinski definition) is 4. The number of aromatic amines is 1. The van der Waals surface area contributed by atoms with Crippen molar-refractivity contribution in [1.82, 2.24) is 24.6 Å². The lowest BCUT2D eigenvalue weighted by molar-refractivity contribution is 0.301. The maximum absolute atomic E-state index is 5.84. The molecule has 5 rings (SSSR count). The summed E-state index contributed by atoms with van der Waals surface area (Å²) < 4.78 is 8.21. The van der Waals surface area contributed by atoms with Crippen molar-refractivity contribution in [3.63, 3.8) is 0 Å². The first-order valence-corrected chi connectivity index (χ1v) is 11.1. The van der Waals surface area contributed by atoms with Crippen LogP contribution < -0.4 is 4.74 Å². The summed E-state index contributed by atoms with van der Waals surface area (Å²) in [5.41, 5.74) is 4.45. The molecule has 0 spiro atoms. The second-order valence-corrected chi connectivity index (χ2v) is 8.62. The molecule has 1 atom stereocenters. The summed E-state index contributed by atoms with van der Waals surface area (Å²) in [6, 6.07) is 20.9. The molecule has 0 amide bonds. The second kappa shape index (κ2) is 8.55. The van der Waals surface area contributed by atoms with E-state index >= 15 is 0 Å².